The molecule has 2 heterocycles. The van der Waals surface area contributed by atoms with Crippen molar-refractivity contribution in [3.63, 3.8) is 0 Å². The number of benzene rings is 1. The number of fused-ring (bicyclic) bond motifs is 2. The van der Waals surface area contributed by atoms with Crippen molar-refractivity contribution in [2.24, 2.45) is 5.92 Å². The first-order valence-electron chi connectivity index (χ1n) is 7.77. The molecule has 1 saturated heterocycles. The van der Waals surface area contributed by atoms with E-state index in [9.17, 15) is 4.79 Å². The lowest BCUT2D eigenvalue weighted by atomic mass is 9.81. The standard InChI is InChI=1S/C17H24N2O.ClH/c1-13(2)6-5-11-19-15-8-4-3-7-14(15)17(16(19)20)9-10-18-12-17;/h3-4,7-8,13,18H,5-6,9-12H2,1-2H3;1H. The molecule has 4 heteroatoms. The first kappa shape index (κ1) is 16.3. The molecule has 3 rings (SSSR count). The van der Waals surface area contributed by atoms with E-state index >= 15 is 0 Å². The molecule has 1 atom stereocenters. The van der Waals surface area contributed by atoms with Gasteiger partial charge in [0.15, 0.2) is 0 Å². The zero-order valence-corrected chi connectivity index (χ0v) is 13.7. The van der Waals surface area contributed by atoms with Gasteiger partial charge in [-0.1, -0.05) is 32.0 Å². The van der Waals surface area contributed by atoms with Crippen LogP contribution in [0.15, 0.2) is 24.3 Å². The fraction of sp³-hybridized carbons (Fsp3) is 0.588. The summed E-state index contributed by atoms with van der Waals surface area (Å²) in [6.07, 6.45) is 3.20. The summed E-state index contributed by atoms with van der Waals surface area (Å²) in [6.45, 7) is 7.07. The summed E-state index contributed by atoms with van der Waals surface area (Å²) in [5.41, 5.74) is 2.10. The van der Waals surface area contributed by atoms with Crippen molar-refractivity contribution in [1.82, 2.24) is 5.32 Å². The highest BCUT2D eigenvalue weighted by Gasteiger charge is 2.51. The molecule has 0 aromatic heterocycles. The first-order valence-corrected chi connectivity index (χ1v) is 7.77. The summed E-state index contributed by atoms with van der Waals surface area (Å²) in [4.78, 5) is 15.0. The molecule has 1 amide bonds. The van der Waals surface area contributed by atoms with Crippen molar-refractivity contribution < 1.29 is 4.79 Å². The summed E-state index contributed by atoms with van der Waals surface area (Å²) in [6, 6.07) is 8.35. The van der Waals surface area contributed by atoms with Crippen molar-refractivity contribution in [3.05, 3.63) is 29.8 Å². The monoisotopic (exact) mass is 308 g/mol. The lowest BCUT2D eigenvalue weighted by Gasteiger charge is -2.23. The van der Waals surface area contributed by atoms with Crippen molar-refractivity contribution >= 4 is 24.0 Å². The van der Waals surface area contributed by atoms with Gasteiger partial charge in [0.05, 0.1) is 5.41 Å². The maximum absolute atomic E-state index is 12.9. The quantitative estimate of drug-likeness (QED) is 0.927. The van der Waals surface area contributed by atoms with Crippen molar-refractivity contribution in [3.8, 4) is 0 Å². The maximum Gasteiger partial charge on any atom is 0.239 e. The minimum atomic E-state index is -0.283. The molecule has 116 valence electrons. The molecule has 1 spiro atoms. The van der Waals surface area contributed by atoms with Crippen LogP contribution >= 0.6 is 12.4 Å². The fourth-order valence-electron chi connectivity index (χ4n) is 3.58. The van der Waals surface area contributed by atoms with Crippen LogP contribution < -0.4 is 10.2 Å². The van der Waals surface area contributed by atoms with E-state index in [0.717, 1.165) is 38.2 Å². The lowest BCUT2D eigenvalue weighted by Crippen LogP contribution is -2.42. The molecule has 2 aliphatic heterocycles. The van der Waals surface area contributed by atoms with Gasteiger partial charge < -0.3 is 10.2 Å². The Bertz CT molecular complexity index is 509. The highest BCUT2D eigenvalue weighted by Crippen LogP contribution is 2.45. The Labute approximate surface area is 133 Å². The van der Waals surface area contributed by atoms with Crippen LogP contribution in [0, 0.1) is 5.92 Å². The van der Waals surface area contributed by atoms with Crippen molar-refractivity contribution in [2.45, 2.75) is 38.5 Å². The largest absolute Gasteiger partial charge is 0.315 e. The van der Waals surface area contributed by atoms with Gasteiger partial charge in [-0.2, -0.15) is 0 Å². The molecular formula is C17H25ClN2O. The number of carbonyl (C=O) groups excluding carboxylic acids is 1. The van der Waals surface area contributed by atoms with E-state index in [1.807, 2.05) is 11.0 Å². The molecule has 1 N–H and O–H groups in total. The molecule has 1 unspecified atom stereocenters. The highest BCUT2D eigenvalue weighted by atomic mass is 35.5. The van der Waals surface area contributed by atoms with Crippen molar-refractivity contribution in [1.29, 1.82) is 0 Å². The Morgan fingerprint density at radius 3 is 2.76 bits per heavy atom. The van der Waals surface area contributed by atoms with Gasteiger partial charge in [-0.25, -0.2) is 0 Å². The van der Waals surface area contributed by atoms with Gasteiger partial charge in [-0.3, -0.25) is 4.79 Å². The number of rotatable bonds is 4. The van der Waals surface area contributed by atoms with Crippen LogP contribution in [0.3, 0.4) is 0 Å². The zero-order valence-electron chi connectivity index (χ0n) is 12.9. The first-order chi connectivity index (χ1) is 9.65. The Hall–Kier alpha value is -1.06. The number of nitrogens with one attached hydrogen (secondary N) is 1. The third-order valence-electron chi connectivity index (χ3n) is 4.68. The third kappa shape index (κ3) is 2.69. The molecule has 0 aliphatic carbocycles. The predicted octanol–water partition coefficient (Wildman–Crippen LogP) is 3.12. The smallest absolute Gasteiger partial charge is 0.239 e. The van der Waals surface area contributed by atoms with Crippen LogP contribution in [-0.4, -0.2) is 25.5 Å². The van der Waals surface area contributed by atoms with E-state index < -0.39 is 0 Å². The SMILES string of the molecule is CC(C)CCCN1C(=O)C2(CCNC2)c2ccccc21.Cl. The summed E-state index contributed by atoms with van der Waals surface area (Å²) in [5, 5.41) is 3.37. The average Bonchev–Trinajstić information content (AvgIpc) is 3.00. The molecule has 1 aromatic rings. The van der Waals surface area contributed by atoms with E-state index in [1.54, 1.807) is 0 Å². The van der Waals surface area contributed by atoms with Gasteiger partial charge in [0, 0.05) is 18.8 Å². The zero-order chi connectivity index (χ0) is 14.2. The van der Waals surface area contributed by atoms with Crippen LogP contribution in [0.25, 0.3) is 0 Å². The Balaban J connectivity index is 0.00000161. The second kappa shape index (κ2) is 6.37. The second-order valence-electron chi connectivity index (χ2n) is 6.52. The maximum atomic E-state index is 12.9. The van der Waals surface area contributed by atoms with Gasteiger partial charge in [0.25, 0.3) is 0 Å². The second-order valence-corrected chi connectivity index (χ2v) is 6.52. The Kier molecular flexibility index (Phi) is 4.95. The number of para-hydroxylation sites is 1. The molecule has 0 bridgehead atoms. The van der Waals surface area contributed by atoms with Gasteiger partial charge in [-0.05, 0) is 43.4 Å². The molecule has 2 aliphatic rings. The predicted molar refractivity (Wildman–Crippen MR) is 89.3 cm³/mol. The van der Waals surface area contributed by atoms with Gasteiger partial charge in [0.2, 0.25) is 5.91 Å². The van der Waals surface area contributed by atoms with Gasteiger partial charge >= 0.3 is 0 Å². The van der Waals surface area contributed by atoms with Crippen LogP contribution in [0.5, 0.6) is 0 Å². The molecule has 1 aromatic carbocycles. The minimum absolute atomic E-state index is 0. The van der Waals surface area contributed by atoms with E-state index in [-0.39, 0.29) is 17.8 Å². The summed E-state index contributed by atoms with van der Waals surface area (Å²) in [7, 11) is 0. The summed E-state index contributed by atoms with van der Waals surface area (Å²) < 4.78 is 0. The molecule has 0 saturated carbocycles. The van der Waals surface area contributed by atoms with Crippen LogP contribution in [-0.2, 0) is 10.2 Å². The number of amides is 1. The average molecular weight is 309 g/mol. The molecule has 3 nitrogen and oxygen atoms in total. The Morgan fingerprint density at radius 1 is 1.33 bits per heavy atom. The van der Waals surface area contributed by atoms with Crippen LogP contribution in [0.4, 0.5) is 5.69 Å². The highest BCUT2D eigenvalue weighted by molar-refractivity contribution is 6.08. The minimum Gasteiger partial charge on any atom is -0.315 e. The molecule has 21 heavy (non-hydrogen) atoms. The van der Waals surface area contributed by atoms with Gasteiger partial charge in [0.1, 0.15) is 0 Å². The molecule has 0 radical (unpaired) electrons. The van der Waals surface area contributed by atoms with E-state index in [4.69, 9.17) is 0 Å². The van der Waals surface area contributed by atoms with Crippen LogP contribution in [0.1, 0.15) is 38.7 Å². The fourth-order valence-corrected chi connectivity index (χ4v) is 3.58. The normalized spacial score (nSPS) is 23.8. The lowest BCUT2D eigenvalue weighted by molar-refractivity contribution is -0.122. The summed E-state index contributed by atoms with van der Waals surface area (Å²) in [5.74, 6) is 1.01. The van der Waals surface area contributed by atoms with E-state index in [0.29, 0.717) is 11.8 Å². The summed E-state index contributed by atoms with van der Waals surface area (Å²) >= 11 is 0. The van der Waals surface area contributed by atoms with Gasteiger partial charge in [-0.15, -0.1) is 12.4 Å². The molecule has 1 fully saturated rings. The van der Waals surface area contributed by atoms with E-state index in [1.165, 1.54) is 12.0 Å². The van der Waals surface area contributed by atoms with E-state index in [2.05, 4.69) is 37.4 Å². The number of halogens is 1. The van der Waals surface area contributed by atoms with Crippen LogP contribution in [0.2, 0.25) is 0 Å². The number of carbonyl (C=O) groups is 1. The van der Waals surface area contributed by atoms with Crippen molar-refractivity contribution in [2.75, 3.05) is 24.5 Å². The number of anilines is 1. The number of hydrogen-bond donors (Lipinski definition) is 1. The third-order valence-corrected chi connectivity index (χ3v) is 4.68. The molecular weight excluding hydrogens is 284 g/mol. The number of hydrogen-bond acceptors (Lipinski definition) is 2. The number of nitrogens with zero attached hydrogens (tertiary/aromatic N) is 1. The topological polar surface area (TPSA) is 32.3 Å². The Morgan fingerprint density at radius 2 is 2.10 bits per heavy atom.